The van der Waals surface area contributed by atoms with Crippen molar-refractivity contribution in [3.05, 3.63) is 80.9 Å². The Labute approximate surface area is 227 Å². The van der Waals surface area contributed by atoms with Crippen molar-refractivity contribution in [2.45, 2.75) is 32.4 Å². The Morgan fingerprint density at radius 2 is 1.72 bits per heavy atom. The number of carbonyl (C=O) groups excluding carboxylic acids is 4. The number of methoxy groups -OCH3 is 2. The van der Waals surface area contributed by atoms with E-state index in [-0.39, 0.29) is 33.0 Å². The molecular weight excluding hydrogens is 524 g/mol. The van der Waals surface area contributed by atoms with Gasteiger partial charge in [-0.25, -0.2) is 14.6 Å². The molecule has 0 saturated carbocycles. The number of fused-ring (bicyclic) bond motifs is 1. The highest BCUT2D eigenvalue weighted by Gasteiger charge is 2.48. The number of esters is 2. The van der Waals surface area contributed by atoms with Crippen molar-refractivity contribution < 1.29 is 38.5 Å². The molecule has 0 spiro atoms. The first kappa shape index (κ1) is 26.1. The third kappa shape index (κ3) is 4.44. The number of benzene rings is 2. The van der Waals surface area contributed by atoms with Crippen molar-refractivity contribution >= 4 is 45.9 Å². The average molecular weight is 549 g/mol. The van der Waals surface area contributed by atoms with Crippen LogP contribution in [-0.4, -0.2) is 54.0 Å². The first-order valence-electron chi connectivity index (χ1n) is 12.0. The molecule has 2 atom stereocenters. The van der Waals surface area contributed by atoms with Gasteiger partial charge in [0.1, 0.15) is 22.5 Å². The number of rotatable bonds is 5. The van der Waals surface area contributed by atoms with Crippen molar-refractivity contribution in [3.63, 3.8) is 0 Å². The number of Topliss-reactive ketones (excluding diaryl/α,β-unsaturated/α-hetero) is 1. The third-order valence-corrected chi connectivity index (χ3v) is 7.76. The van der Waals surface area contributed by atoms with Crippen molar-refractivity contribution in [3.8, 4) is 5.75 Å². The summed E-state index contributed by atoms with van der Waals surface area (Å²) in [5, 5.41) is 11.5. The van der Waals surface area contributed by atoms with Crippen molar-refractivity contribution in [2.24, 2.45) is 0 Å². The quantitative estimate of drug-likeness (QED) is 0.218. The van der Waals surface area contributed by atoms with E-state index in [0.29, 0.717) is 29.0 Å². The van der Waals surface area contributed by atoms with Crippen LogP contribution >= 0.6 is 11.3 Å². The van der Waals surface area contributed by atoms with Crippen LogP contribution in [0.1, 0.15) is 55.4 Å². The minimum absolute atomic E-state index is 0.0200. The van der Waals surface area contributed by atoms with Crippen LogP contribution in [0.25, 0.3) is 5.76 Å². The van der Waals surface area contributed by atoms with Gasteiger partial charge in [0, 0.05) is 12.0 Å². The minimum atomic E-state index is -1.09. The number of ketones is 1. The molecule has 2 aliphatic heterocycles. The van der Waals surface area contributed by atoms with E-state index in [1.165, 1.54) is 26.4 Å². The molecule has 0 aliphatic carbocycles. The summed E-state index contributed by atoms with van der Waals surface area (Å²) >= 11 is 0.904. The molecule has 1 aromatic heterocycles. The Hall–Kier alpha value is -4.51. The molecule has 0 unspecified atom stereocenters. The second kappa shape index (κ2) is 9.99. The van der Waals surface area contributed by atoms with Crippen LogP contribution < -0.4 is 9.64 Å². The number of thiazole rings is 1. The zero-order chi connectivity index (χ0) is 28.0. The van der Waals surface area contributed by atoms with Gasteiger partial charge in [0.2, 0.25) is 0 Å². The largest absolute Gasteiger partial charge is 0.507 e. The van der Waals surface area contributed by atoms with Gasteiger partial charge in [0.25, 0.3) is 5.78 Å². The molecule has 0 radical (unpaired) electrons. The summed E-state index contributed by atoms with van der Waals surface area (Å²) in [5.74, 6) is -2.66. The zero-order valence-electron chi connectivity index (χ0n) is 21.5. The first-order valence-corrected chi connectivity index (χ1v) is 12.8. The lowest BCUT2D eigenvalue weighted by Gasteiger charge is -2.23. The fourth-order valence-corrected chi connectivity index (χ4v) is 5.77. The van der Waals surface area contributed by atoms with Crippen LogP contribution in [0.15, 0.2) is 48.0 Å². The molecule has 0 bridgehead atoms. The highest BCUT2D eigenvalue weighted by Crippen LogP contribution is 2.44. The minimum Gasteiger partial charge on any atom is -0.507 e. The summed E-state index contributed by atoms with van der Waals surface area (Å²) in [6.45, 7) is 3.53. The number of hydrogen-bond acceptors (Lipinski definition) is 10. The number of aliphatic hydroxyl groups is 1. The normalized spacial score (nSPS) is 19.5. The Bertz CT molecular complexity index is 1560. The molecule has 3 heterocycles. The van der Waals surface area contributed by atoms with Gasteiger partial charge in [0.05, 0.1) is 37.1 Å². The number of ether oxygens (including phenoxy) is 3. The number of hydrogen-bond donors (Lipinski definition) is 1. The van der Waals surface area contributed by atoms with Crippen LogP contribution in [0.3, 0.4) is 0 Å². The standard InChI is InChI=1S/C28H24N2O8S/c1-13-11-18-12-17(9-10-19(18)38-13)22(31)20-21(15-5-7-16(8-6-15)26(34)36-3)30(25(33)23(20)32)28-29-14(2)24(39-28)27(35)37-4/h5-10,12-13,21,31H,11H2,1-4H3/t13-,21-/m0/s1. The van der Waals surface area contributed by atoms with Crippen molar-refractivity contribution in [2.75, 3.05) is 19.1 Å². The fraction of sp³-hybridized carbons (Fsp3) is 0.250. The van der Waals surface area contributed by atoms with E-state index in [1.54, 1.807) is 37.3 Å². The lowest BCUT2D eigenvalue weighted by molar-refractivity contribution is -0.132. The highest BCUT2D eigenvalue weighted by molar-refractivity contribution is 7.17. The van der Waals surface area contributed by atoms with Gasteiger partial charge in [-0.15, -0.1) is 0 Å². The predicted octanol–water partition coefficient (Wildman–Crippen LogP) is 3.97. The van der Waals surface area contributed by atoms with Crippen LogP contribution in [0.5, 0.6) is 5.75 Å². The van der Waals surface area contributed by atoms with E-state index in [9.17, 15) is 24.3 Å². The second-order valence-electron chi connectivity index (χ2n) is 9.14. The van der Waals surface area contributed by atoms with Gasteiger partial charge >= 0.3 is 17.8 Å². The fourth-order valence-electron chi connectivity index (χ4n) is 4.76. The number of amides is 1. The molecule has 1 fully saturated rings. The third-order valence-electron chi connectivity index (χ3n) is 6.62. The van der Waals surface area contributed by atoms with E-state index in [0.717, 1.165) is 21.8 Å². The number of aliphatic hydroxyl groups excluding tert-OH is 1. The second-order valence-corrected chi connectivity index (χ2v) is 10.1. The number of aryl methyl sites for hydroxylation is 1. The number of nitrogens with zero attached hydrogens (tertiary/aromatic N) is 2. The summed E-state index contributed by atoms with van der Waals surface area (Å²) in [5.41, 5.74) is 2.11. The van der Waals surface area contributed by atoms with Crippen molar-refractivity contribution in [1.29, 1.82) is 0 Å². The molecule has 5 rings (SSSR count). The number of anilines is 1. The molecular formula is C28H24N2O8S. The summed E-state index contributed by atoms with van der Waals surface area (Å²) in [7, 11) is 2.50. The lowest BCUT2D eigenvalue weighted by atomic mass is 9.94. The molecule has 1 amide bonds. The van der Waals surface area contributed by atoms with E-state index < -0.39 is 29.7 Å². The Kier molecular flexibility index (Phi) is 6.69. The Balaban J connectivity index is 1.68. The van der Waals surface area contributed by atoms with Crippen LogP contribution in [0.2, 0.25) is 0 Å². The molecule has 1 N–H and O–H groups in total. The maximum atomic E-state index is 13.5. The van der Waals surface area contributed by atoms with Crippen LogP contribution in [-0.2, 0) is 25.5 Å². The lowest BCUT2D eigenvalue weighted by Crippen LogP contribution is -2.29. The van der Waals surface area contributed by atoms with Crippen molar-refractivity contribution in [1.82, 2.24) is 4.98 Å². The van der Waals surface area contributed by atoms with E-state index in [4.69, 9.17) is 14.2 Å². The topological polar surface area (TPSA) is 132 Å². The number of carbonyl (C=O) groups is 4. The maximum Gasteiger partial charge on any atom is 0.350 e. The maximum absolute atomic E-state index is 13.5. The molecule has 10 nitrogen and oxygen atoms in total. The molecule has 39 heavy (non-hydrogen) atoms. The average Bonchev–Trinajstić information content (AvgIpc) is 3.59. The molecule has 2 aromatic carbocycles. The van der Waals surface area contributed by atoms with Crippen LogP contribution in [0, 0.1) is 6.92 Å². The van der Waals surface area contributed by atoms with Crippen LogP contribution in [0.4, 0.5) is 5.13 Å². The predicted molar refractivity (Wildman–Crippen MR) is 141 cm³/mol. The first-order chi connectivity index (χ1) is 18.6. The SMILES string of the molecule is COC(=O)c1ccc([C@H]2C(=C(O)c3ccc4c(c3)C[C@H](C)O4)C(=O)C(=O)N2c2nc(C)c(C(=O)OC)s2)cc1. The zero-order valence-corrected chi connectivity index (χ0v) is 22.3. The Morgan fingerprint density at radius 3 is 2.38 bits per heavy atom. The van der Waals surface area contributed by atoms with Gasteiger partial charge in [-0.05, 0) is 55.3 Å². The summed E-state index contributed by atoms with van der Waals surface area (Å²) in [6.07, 6.45) is 0.617. The van der Waals surface area contributed by atoms with E-state index in [1.807, 2.05) is 6.92 Å². The Morgan fingerprint density at radius 1 is 1.05 bits per heavy atom. The van der Waals surface area contributed by atoms with Gasteiger partial charge in [0.15, 0.2) is 5.13 Å². The number of aromatic nitrogens is 1. The summed E-state index contributed by atoms with van der Waals surface area (Å²) in [4.78, 5) is 56.8. The van der Waals surface area contributed by atoms with Gasteiger partial charge < -0.3 is 19.3 Å². The molecule has 2 aliphatic rings. The molecule has 11 heteroatoms. The summed E-state index contributed by atoms with van der Waals surface area (Å²) < 4.78 is 15.3. The van der Waals surface area contributed by atoms with Gasteiger partial charge in [-0.3, -0.25) is 14.5 Å². The monoisotopic (exact) mass is 548 g/mol. The molecule has 3 aromatic rings. The van der Waals surface area contributed by atoms with Gasteiger partial charge in [-0.2, -0.15) is 0 Å². The van der Waals surface area contributed by atoms with Gasteiger partial charge in [-0.1, -0.05) is 23.5 Å². The highest BCUT2D eigenvalue weighted by atomic mass is 32.1. The summed E-state index contributed by atoms with van der Waals surface area (Å²) in [6, 6.07) is 10.1. The smallest absolute Gasteiger partial charge is 0.350 e. The van der Waals surface area contributed by atoms with E-state index >= 15 is 0 Å². The van der Waals surface area contributed by atoms with E-state index in [2.05, 4.69) is 4.98 Å². The molecule has 200 valence electrons. The molecule has 1 saturated heterocycles.